The summed E-state index contributed by atoms with van der Waals surface area (Å²) >= 11 is 0.252. The third-order valence-electron chi connectivity index (χ3n) is 22.6. The molecule has 0 saturated carbocycles. The van der Waals surface area contributed by atoms with E-state index < -0.39 is 68.9 Å². The first-order valence-corrected chi connectivity index (χ1v) is 42.5. The summed E-state index contributed by atoms with van der Waals surface area (Å²) in [6.45, 7) is 23.2. The number of hydrogen-bond acceptors (Lipinski definition) is 13. The number of halogens is 8. The molecule has 8 aromatic carbocycles. The Labute approximate surface area is 769 Å². The van der Waals surface area contributed by atoms with Crippen molar-refractivity contribution in [2.24, 2.45) is 0 Å². The smallest absolute Gasteiger partial charge is 0.300 e. The van der Waals surface area contributed by atoms with Crippen LogP contribution in [0.4, 0.5) is 35.1 Å². The quantitative estimate of drug-likeness (QED) is 0.0464. The predicted molar refractivity (Wildman–Crippen MR) is 452 cm³/mol. The van der Waals surface area contributed by atoms with Crippen molar-refractivity contribution in [1.82, 2.24) is 29.9 Å². The molecule has 0 radical (unpaired) electrons. The number of rotatable bonds is 8. The number of benzene rings is 8. The molecule has 0 unspecified atom stereocenters. The summed E-state index contributed by atoms with van der Waals surface area (Å²) in [5.41, 5.74) is 5.89. The fourth-order valence-electron chi connectivity index (χ4n) is 14.9. The fourth-order valence-corrected chi connectivity index (χ4v) is 17.5. The molecule has 9 heterocycles. The zero-order valence-electron chi connectivity index (χ0n) is 69.1. The van der Waals surface area contributed by atoms with Crippen LogP contribution < -0.4 is 0 Å². The van der Waals surface area contributed by atoms with E-state index >= 15 is 0 Å². The van der Waals surface area contributed by atoms with E-state index in [0.717, 1.165) is 69.3 Å². The Balaban J connectivity index is 0.000000171. The van der Waals surface area contributed by atoms with Gasteiger partial charge in [0, 0.05) is 74.1 Å². The number of hydrogen-bond donors (Lipinski definition) is 0. The van der Waals surface area contributed by atoms with Gasteiger partial charge in [-0.15, -0.1) is 200 Å². The first kappa shape index (κ1) is 94.5. The minimum Gasteiger partial charge on any atom is -0.300 e. The van der Waals surface area contributed by atoms with Crippen LogP contribution in [0.25, 0.3) is 67.5 Å². The normalized spacial score (nSPS) is 15.0. The summed E-state index contributed by atoms with van der Waals surface area (Å²) < 4.78 is 166. The number of aromatic nitrogens is 6. The van der Waals surface area contributed by atoms with Gasteiger partial charge in [0.25, 0.3) is 9.84 Å². The molecule has 6 aromatic heterocycles. The molecule has 0 N–H and O–H groups in total. The molecular formula is C99H78F8N6O6Pt3S3. The van der Waals surface area contributed by atoms with Gasteiger partial charge in [-0.2, -0.15) is 17.5 Å². The van der Waals surface area contributed by atoms with Gasteiger partial charge >= 0.3 is 75.1 Å². The van der Waals surface area contributed by atoms with Crippen LogP contribution >= 0.6 is 12.0 Å². The van der Waals surface area contributed by atoms with E-state index in [2.05, 4.69) is 121 Å². The summed E-state index contributed by atoms with van der Waals surface area (Å²) in [5.74, 6) is -0.771. The molecule has 125 heavy (non-hydrogen) atoms. The molecule has 0 aliphatic carbocycles. The molecule has 0 fully saturated rings. The Kier molecular flexibility index (Phi) is 27.1. The second-order valence-corrected chi connectivity index (χ2v) is 38.0. The zero-order valence-corrected chi connectivity index (χ0v) is 78.4. The topological polar surface area (TPSA) is 164 Å². The fraction of sp³-hybridized carbons (Fsp3) is 0.212. The van der Waals surface area contributed by atoms with Gasteiger partial charge in [0.1, 0.15) is 0 Å². The Bertz CT molecular complexity index is 6580. The number of sulfone groups is 2. The molecule has 0 saturated heterocycles. The van der Waals surface area contributed by atoms with Gasteiger partial charge in [-0.3, -0.25) is 0 Å². The minimum atomic E-state index is -5.80. The molecule has 3 aliphatic rings. The monoisotopic (exact) mass is 2280 g/mol. The van der Waals surface area contributed by atoms with Crippen molar-refractivity contribution >= 4 is 31.7 Å². The van der Waals surface area contributed by atoms with Crippen LogP contribution in [0.3, 0.4) is 0 Å². The van der Waals surface area contributed by atoms with E-state index in [0.29, 0.717) is 67.5 Å². The zero-order chi connectivity index (χ0) is 87.1. The van der Waals surface area contributed by atoms with Crippen LogP contribution in [0.5, 0.6) is 0 Å². The second-order valence-electron chi connectivity index (χ2n) is 33.3. The Hall–Kier alpha value is -9.67. The van der Waals surface area contributed by atoms with E-state index in [1.807, 2.05) is 120 Å². The SMILES string of the molecule is CC1(C)c2[c-]c(cc(Cc3ccccc3)c2)-c2cccc(n2)C(C)(C)c2cccc(n2)-c2[c-]c1cc(S(=O)(=O)c1ccccc1)c2.CC1(C)c2[c-]c(cc(F)c2)-c2cccc(n2)C(C)(C)c2cccc(n2)-c2[c-]c1cc(F)c2.CC1(C)c2[c-]c(cc(SOOC(F)(F)F)c2)-c2cccc(n2)C(C)(C)c2cccc(n2)-c2[c-]c1cc(S(=O)(=O)C(F)(F)F)c2.[Pt+2].[Pt+2].[Pt+2]. The van der Waals surface area contributed by atoms with Crippen LogP contribution in [0, 0.1) is 48.0 Å². The van der Waals surface area contributed by atoms with Crippen LogP contribution in [0.1, 0.15) is 162 Å². The van der Waals surface area contributed by atoms with Crippen LogP contribution in [0.15, 0.2) is 262 Å². The summed E-state index contributed by atoms with van der Waals surface area (Å²) in [6, 6.07) is 90.9. The molecule has 3 aliphatic heterocycles. The molecule has 24 bridgehead atoms. The van der Waals surface area contributed by atoms with E-state index in [-0.39, 0.29) is 124 Å². The largest absolute Gasteiger partial charge is 2.00 e. The van der Waals surface area contributed by atoms with Gasteiger partial charge < -0.3 is 29.9 Å². The van der Waals surface area contributed by atoms with Crippen LogP contribution in [-0.4, -0.2) is 58.6 Å². The maximum atomic E-state index is 14.7. The molecule has 644 valence electrons. The number of fused-ring (bicyclic) bond motifs is 30. The Morgan fingerprint density at radius 2 is 0.624 bits per heavy atom. The van der Waals surface area contributed by atoms with E-state index in [1.165, 1.54) is 48.0 Å². The molecular weight excluding hydrogens is 2200 g/mol. The third kappa shape index (κ3) is 19.5. The van der Waals surface area contributed by atoms with Crippen LogP contribution in [0.2, 0.25) is 0 Å². The van der Waals surface area contributed by atoms with Crippen LogP contribution in [-0.2, 0) is 131 Å². The van der Waals surface area contributed by atoms with Gasteiger partial charge in [-0.1, -0.05) is 163 Å². The van der Waals surface area contributed by atoms with E-state index in [4.69, 9.17) is 24.9 Å². The molecule has 17 rings (SSSR count). The Morgan fingerprint density at radius 1 is 0.320 bits per heavy atom. The van der Waals surface area contributed by atoms with Gasteiger partial charge in [0.2, 0.25) is 0 Å². The van der Waals surface area contributed by atoms with Crippen molar-refractivity contribution in [3.63, 3.8) is 0 Å². The van der Waals surface area contributed by atoms with Crippen molar-refractivity contribution in [2.45, 2.75) is 153 Å². The number of nitrogens with zero attached hydrogens (tertiary/aromatic N) is 6. The molecule has 0 amide bonds. The Morgan fingerprint density at radius 3 is 0.984 bits per heavy atom. The summed E-state index contributed by atoms with van der Waals surface area (Å²) in [6.07, 6.45) is -4.34. The predicted octanol–water partition coefficient (Wildman–Crippen LogP) is 23.6. The number of alkyl halides is 6. The maximum Gasteiger partial charge on any atom is 2.00 e. The first-order chi connectivity index (χ1) is 57.4. The average Bonchev–Trinajstić information content (AvgIpc) is 0.755. The van der Waals surface area contributed by atoms with Crippen molar-refractivity contribution in [1.29, 1.82) is 0 Å². The summed E-state index contributed by atoms with van der Waals surface area (Å²) in [5, 5.41) is 0. The van der Waals surface area contributed by atoms with Gasteiger partial charge in [-0.05, 0) is 167 Å². The molecule has 0 atom stereocenters. The van der Waals surface area contributed by atoms with E-state index in [1.54, 1.807) is 80.6 Å². The van der Waals surface area contributed by atoms with Crippen molar-refractivity contribution in [3.05, 3.63) is 369 Å². The van der Waals surface area contributed by atoms with Gasteiger partial charge in [0.05, 0.1) is 4.90 Å². The number of pyridine rings is 6. The van der Waals surface area contributed by atoms with Gasteiger partial charge in [0.15, 0.2) is 9.84 Å². The molecule has 14 aromatic rings. The summed E-state index contributed by atoms with van der Waals surface area (Å²) in [7, 11) is -9.63. The molecule has 0 spiro atoms. The molecule has 12 nitrogen and oxygen atoms in total. The summed E-state index contributed by atoms with van der Waals surface area (Å²) in [4.78, 5) is 32.5. The third-order valence-corrected chi connectivity index (χ3v) is 26.4. The molecule has 26 heteroatoms. The average molecular weight is 2280 g/mol. The van der Waals surface area contributed by atoms with Gasteiger partial charge in [-0.25, -0.2) is 25.6 Å². The van der Waals surface area contributed by atoms with E-state index in [9.17, 15) is 52.0 Å². The minimum absolute atomic E-state index is 0. The van der Waals surface area contributed by atoms with Crippen molar-refractivity contribution in [2.75, 3.05) is 0 Å². The van der Waals surface area contributed by atoms with Crippen molar-refractivity contribution < 1.29 is 124 Å². The second kappa shape index (κ2) is 35.9. The standard InChI is InChI=1S/C41H34N2O2S.C30H22F6N2O4S2.C28H22F2N2.3Pt/c1-40(2)32-23-29(21-28-13-7-5-8-14-28)22-30(24-32)36-17-11-19-38(42-36)41(3,4)39-20-12-18-37(43-39)31-25-33(40)27-35(26-31)46(44,45)34-15-9-6-10-16-34;1-27(2)19-11-17(13-21(15-19)43-42-41-29(31,32)33)23-7-5-9-25(37-23)28(3,4)26-10-6-8-24(38-26)18-12-20(27)16-22(14-18)44(39,40)30(34,35)36;1-27(2)19-11-17(13-21(29)15-19)23-7-5-9-25(31-23)28(3,4)26-10-6-8-24(32-26)18-12-20(27)16-22(30)14-18;;;/h5-20,22-23,26-27H,21H2,1-4H3;5-10,13-16H,1-4H3;5-10,13-16H,1-4H3;;;/q3*-2;3*+2. The maximum absolute atomic E-state index is 14.7. The van der Waals surface area contributed by atoms with Crippen molar-refractivity contribution in [3.8, 4) is 67.5 Å². The first-order valence-electron chi connectivity index (χ1n) is 38.8.